The standard InChI is InChI=1S/C50H34N2O.C44H30N2O/c1-4-15-35(16-5-1)36-27-31-40(32-28-36)51(46-25-12-10-21-42(46)37-17-6-2-7-18-37)41-33-29-38(30-34-41)43-23-14-24-45-48-50(53-49(43)45)44-22-11-13-26-47(44)52(48)39-19-8-3-9-20-39;1-4-15-31(16-5-1)36-21-10-12-25-40(36)45(33-17-6-2-7-18-33)35-29-27-32(28-30-35)37-23-14-24-39-42-44(47-43(37)39)38-22-11-13-26-41(38)46(42)34-19-8-3-9-20-34/h1-34H;1-30H. The molecule has 0 unspecified atom stereocenters. The number of rotatable bonds is 13. The van der Waals surface area contributed by atoms with Gasteiger partial charge in [0.15, 0.2) is 11.2 Å². The number of para-hydroxylation sites is 9. The van der Waals surface area contributed by atoms with Gasteiger partial charge in [-0.25, -0.2) is 0 Å². The smallest absolute Gasteiger partial charge is 0.161 e. The SMILES string of the molecule is c1ccc(-c2ccc(N(c3ccc(-c4cccc5c4oc4c6ccccc6n(-c6ccccc6)c54)cc3)c3ccccc3-c3ccccc3)cc2)cc1.c1ccc(-c2ccccc2N(c2ccccc2)c2ccc(-c3cccc4c3oc3c5ccccc5n(-c5ccccc5)c43)cc2)cc1. The van der Waals surface area contributed by atoms with Crippen molar-refractivity contribution in [1.29, 1.82) is 0 Å². The Morgan fingerprint density at radius 2 is 0.470 bits per heavy atom. The number of furan rings is 2. The van der Waals surface area contributed by atoms with Crippen LogP contribution in [0.2, 0.25) is 0 Å². The van der Waals surface area contributed by atoms with Gasteiger partial charge in [-0.1, -0.05) is 267 Å². The molecule has 0 atom stereocenters. The summed E-state index contributed by atoms with van der Waals surface area (Å²) in [6.45, 7) is 0. The fourth-order valence-corrected chi connectivity index (χ4v) is 14.6. The maximum atomic E-state index is 6.85. The van der Waals surface area contributed by atoms with Crippen molar-refractivity contribution < 1.29 is 8.83 Å². The van der Waals surface area contributed by atoms with Crippen LogP contribution in [0.15, 0.2) is 397 Å². The lowest BCUT2D eigenvalue weighted by molar-refractivity contribution is 0.673. The molecule has 19 aromatic rings. The Kier molecular flexibility index (Phi) is 15.1. The van der Waals surface area contributed by atoms with Crippen molar-refractivity contribution in [2.45, 2.75) is 0 Å². The Balaban J connectivity index is 0.000000145. The van der Waals surface area contributed by atoms with Crippen LogP contribution in [0.5, 0.6) is 0 Å². The zero-order valence-electron chi connectivity index (χ0n) is 54.6. The molecule has 4 aromatic heterocycles. The summed E-state index contributed by atoms with van der Waals surface area (Å²) in [5.74, 6) is 0. The minimum atomic E-state index is 0.892. The van der Waals surface area contributed by atoms with E-state index in [1.54, 1.807) is 0 Å². The van der Waals surface area contributed by atoms with Gasteiger partial charge < -0.3 is 27.8 Å². The van der Waals surface area contributed by atoms with Crippen LogP contribution in [0.4, 0.5) is 34.1 Å². The van der Waals surface area contributed by atoms with E-state index in [0.29, 0.717) is 0 Å². The van der Waals surface area contributed by atoms with Crippen LogP contribution in [0.25, 0.3) is 133 Å². The highest BCUT2D eigenvalue weighted by atomic mass is 16.3. The van der Waals surface area contributed by atoms with E-state index >= 15 is 0 Å². The molecule has 0 amide bonds. The molecule has 0 aliphatic rings. The van der Waals surface area contributed by atoms with Crippen molar-refractivity contribution >= 4 is 100 Å². The van der Waals surface area contributed by atoms with Crippen molar-refractivity contribution in [3.05, 3.63) is 388 Å². The second-order valence-electron chi connectivity index (χ2n) is 25.1. The molecule has 100 heavy (non-hydrogen) atoms. The average Bonchev–Trinajstić information content (AvgIpc) is 1.56. The van der Waals surface area contributed by atoms with Gasteiger partial charge in [-0.15, -0.1) is 0 Å². The summed E-state index contributed by atoms with van der Waals surface area (Å²) in [5, 5.41) is 4.41. The van der Waals surface area contributed by atoms with Crippen LogP contribution >= 0.6 is 0 Å². The largest absolute Gasteiger partial charge is 0.453 e. The Morgan fingerprint density at radius 1 is 0.190 bits per heavy atom. The molecule has 472 valence electrons. The summed E-state index contributed by atoms with van der Waals surface area (Å²) >= 11 is 0. The molecule has 0 N–H and O–H groups in total. The number of benzene rings is 15. The molecule has 0 aliphatic carbocycles. The zero-order valence-corrected chi connectivity index (χ0v) is 54.6. The highest BCUT2D eigenvalue weighted by molar-refractivity contribution is 6.20. The summed E-state index contributed by atoms with van der Waals surface area (Å²) in [6, 6.07) is 137. The van der Waals surface area contributed by atoms with E-state index in [1.807, 2.05) is 0 Å². The molecular formula is C94H64N4O2. The Hall–Kier alpha value is -13.4. The van der Waals surface area contributed by atoms with Gasteiger partial charge in [0.1, 0.15) is 22.2 Å². The molecule has 0 saturated heterocycles. The zero-order chi connectivity index (χ0) is 66.3. The van der Waals surface area contributed by atoms with Crippen molar-refractivity contribution in [3.8, 4) is 67.0 Å². The first-order valence-corrected chi connectivity index (χ1v) is 34.0. The molecule has 0 saturated carbocycles. The predicted octanol–water partition coefficient (Wildman–Crippen LogP) is 26.3. The molecule has 15 aromatic carbocycles. The minimum absolute atomic E-state index is 0.892. The average molecular weight is 1280 g/mol. The molecule has 4 heterocycles. The van der Waals surface area contributed by atoms with E-state index in [0.717, 1.165) is 134 Å². The molecule has 0 aliphatic heterocycles. The van der Waals surface area contributed by atoms with E-state index in [2.05, 4.69) is 407 Å². The normalized spacial score (nSPS) is 11.4. The third kappa shape index (κ3) is 10.6. The van der Waals surface area contributed by atoms with E-state index in [-0.39, 0.29) is 0 Å². The van der Waals surface area contributed by atoms with Crippen LogP contribution in [-0.4, -0.2) is 9.13 Å². The topological polar surface area (TPSA) is 42.6 Å². The summed E-state index contributed by atoms with van der Waals surface area (Å²) in [4.78, 5) is 4.69. The first-order chi connectivity index (χ1) is 49.7. The van der Waals surface area contributed by atoms with Crippen molar-refractivity contribution in [1.82, 2.24) is 9.13 Å². The second kappa shape index (κ2) is 25.6. The summed E-state index contributed by atoms with van der Waals surface area (Å²) in [6.07, 6.45) is 0. The molecule has 0 radical (unpaired) electrons. The number of fused-ring (bicyclic) bond motifs is 10. The van der Waals surface area contributed by atoms with Gasteiger partial charge in [0.05, 0.1) is 22.4 Å². The van der Waals surface area contributed by atoms with Crippen LogP contribution in [0.1, 0.15) is 0 Å². The van der Waals surface area contributed by atoms with E-state index in [4.69, 9.17) is 8.83 Å². The van der Waals surface area contributed by atoms with Gasteiger partial charge in [-0.3, -0.25) is 0 Å². The van der Waals surface area contributed by atoms with Gasteiger partial charge in [-0.2, -0.15) is 0 Å². The third-order valence-corrected chi connectivity index (χ3v) is 19.2. The summed E-state index contributed by atoms with van der Waals surface area (Å²) < 4.78 is 18.3. The molecular weight excluding hydrogens is 1220 g/mol. The predicted molar refractivity (Wildman–Crippen MR) is 418 cm³/mol. The van der Waals surface area contributed by atoms with Gasteiger partial charge in [0, 0.05) is 77.9 Å². The van der Waals surface area contributed by atoms with Gasteiger partial charge in [0.25, 0.3) is 0 Å². The number of hydrogen-bond acceptors (Lipinski definition) is 4. The minimum Gasteiger partial charge on any atom is -0.453 e. The lowest BCUT2D eigenvalue weighted by atomic mass is 10.00. The molecule has 0 bridgehead atoms. The number of aromatic nitrogens is 2. The van der Waals surface area contributed by atoms with Crippen LogP contribution in [0, 0.1) is 0 Å². The lowest BCUT2D eigenvalue weighted by Crippen LogP contribution is -2.11. The Morgan fingerprint density at radius 3 is 0.880 bits per heavy atom. The molecule has 19 rings (SSSR count). The maximum absolute atomic E-state index is 6.85. The Labute approximate surface area is 579 Å². The highest BCUT2D eigenvalue weighted by Crippen LogP contribution is 2.48. The molecule has 6 nitrogen and oxygen atoms in total. The maximum Gasteiger partial charge on any atom is 0.161 e. The molecule has 0 spiro atoms. The number of anilines is 6. The first-order valence-electron chi connectivity index (χ1n) is 34.0. The summed E-state index contributed by atoms with van der Waals surface area (Å²) in [5.41, 5.74) is 28.3. The third-order valence-electron chi connectivity index (χ3n) is 19.2. The van der Waals surface area contributed by atoms with Crippen LogP contribution in [-0.2, 0) is 0 Å². The number of hydrogen-bond donors (Lipinski definition) is 0. The van der Waals surface area contributed by atoms with Crippen molar-refractivity contribution in [2.24, 2.45) is 0 Å². The van der Waals surface area contributed by atoms with E-state index in [9.17, 15) is 0 Å². The first kappa shape index (κ1) is 59.1. The fraction of sp³-hybridized carbons (Fsp3) is 0. The monoisotopic (exact) mass is 1280 g/mol. The van der Waals surface area contributed by atoms with Crippen molar-refractivity contribution in [3.63, 3.8) is 0 Å². The van der Waals surface area contributed by atoms with E-state index < -0.39 is 0 Å². The Bertz CT molecular complexity index is 6100. The molecule has 0 fully saturated rings. The van der Waals surface area contributed by atoms with Crippen molar-refractivity contribution in [2.75, 3.05) is 9.80 Å². The van der Waals surface area contributed by atoms with Gasteiger partial charge in [0.2, 0.25) is 0 Å². The number of nitrogens with zero attached hydrogens (tertiary/aromatic N) is 4. The van der Waals surface area contributed by atoms with Gasteiger partial charge in [-0.05, 0) is 155 Å². The van der Waals surface area contributed by atoms with E-state index in [1.165, 1.54) is 33.4 Å². The fourth-order valence-electron chi connectivity index (χ4n) is 14.6. The highest BCUT2D eigenvalue weighted by Gasteiger charge is 2.25. The lowest BCUT2D eigenvalue weighted by Gasteiger charge is -2.28. The molecule has 6 heteroatoms. The summed E-state index contributed by atoms with van der Waals surface area (Å²) in [7, 11) is 0. The quantitative estimate of drug-likeness (QED) is 0.115. The van der Waals surface area contributed by atoms with Gasteiger partial charge >= 0.3 is 0 Å². The van der Waals surface area contributed by atoms with Crippen LogP contribution in [0.3, 0.4) is 0 Å². The van der Waals surface area contributed by atoms with Crippen LogP contribution < -0.4 is 9.80 Å². The second-order valence-corrected chi connectivity index (χ2v) is 25.1.